The topological polar surface area (TPSA) is 62.2 Å². The molecular weight excluding hydrogens is 455 g/mol. The van der Waals surface area contributed by atoms with Crippen LogP contribution in [0.2, 0.25) is 0 Å². The van der Waals surface area contributed by atoms with E-state index < -0.39 is 6.10 Å². The Labute approximate surface area is 205 Å². The van der Waals surface area contributed by atoms with E-state index in [9.17, 15) is 14.3 Å². The molecule has 1 N–H and O–H groups in total. The van der Waals surface area contributed by atoms with Gasteiger partial charge < -0.3 is 19.5 Å². The number of benzene rings is 1. The minimum atomic E-state index is -0.628. The van der Waals surface area contributed by atoms with E-state index >= 15 is 0 Å². The van der Waals surface area contributed by atoms with Crippen molar-refractivity contribution in [3.63, 3.8) is 0 Å². The molecule has 0 saturated heterocycles. The molecule has 2 aliphatic rings. The molecule has 4 rings (SSSR count). The van der Waals surface area contributed by atoms with Crippen LogP contribution in [0.5, 0.6) is 5.75 Å². The van der Waals surface area contributed by atoms with Gasteiger partial charge in [-0.05, 0) is 80.3 Å². The second-order valence-electron chi connectivity index (χ2n) is 9.59. The maximum absolute atomic E-state index is 13.5. The van der Waals surface area contributed by atoms with Crippen molar-refractivity contribution in [2.24, 2.45) is 5.92 Å². The Morgan fingerprint density at radius 2 is 2.03 bits per heavy atom. The summed E-state index contributed by atoms with van der Waals surface area (Å²) in [6, 6.07) is 7.85. The molecule has 0 unspecified atom stereocenters. The van der Waals surface area contributed by atoms with Gasteiger partial charge in [0.25, 0.3) is 0 Å². The Morgan fingerprint density at radius 1 is 1.26 bits per heavy atom. The number of carbonyl (C=O) groups is 1. The molecular formula is C26H35FN2O4S. The molecule has 1 aliphatic carbocycles. The van der Waals surface area contributed by atoms with Gasteiger partial charge in [0.2, 0.25) is 5.91 Å². The number of rotatable bonds is 12. The van der Waals surface area contributed by atoms with E-state index in [4.69, 9.17) is 9.47 Å². The lowest BCUT2D eigenvalue weighted by molar-refractivity contribution is -0.136. The van der Waals surface area contributed by atoms with Gasteiger partial charge in [-0.25, -0.2) is 4.39 Å². The monoisotopic (exact) mass is 490 g/mol. The van der Waals surface area contributed by atoms with Crippen LogP contribution in [0.25, 0.3) is 0 Å². The summed E-state index contributed by atoms with van der Waals surface area (Å²) in [7, 11) is 0. The first-order valence-corrected chi connectivity index (χ1v) is 13.0. The van der Waals surface area contributed by atoms with Crippen molar-refractivity contribution in [3.8, 4) is 5.75 Å². The minimum Gasteiger partial charge on any atom is -0.491 e. The minimum absolute atomic E-state index is 0.0437. The fraction of sp³-hybridized carbons (Fsp3) is 0.577. The lowest BCUT2D eigenvalue weighted by Gasteiger charge is -2.37. The normalized spacial score (nSPS) is 18.9. The molecule has 2 heterocycles. The van der Waals surface area contributed by atoms with Crippen LogP contribution >= 0.6 is 11.3 Å². The second kappa shape index (κ2) is 11.6. The summed E-state index contributed by atoms with van der Waals surface area (Å²) in [6.45, 7) is 6.62. The number of aliphatic hydroxyl groups is 1. The highest BCUT2D eigenvalue weighted by Crippen LogP contribution is 2.34. The number of aliphatic hydroxyl groups excluding tert-OH is 1. The van der Waals surface area contributed by atoms with Crippen molar-refractivity contribution >= 4 is 17.2 Å². The molecule has 34 heavy (non-hydrogen) atoms. The van der Waals surface area contributed by atoms with E-state index in [1.54, 1.807) is 23.5 Å². The zero-order valence-corrected chi connectivity index (χ0v) is 20.8. The molecule has 1 aliphatic heterocycles. The number of ether oxygens (including phenoxy) is 2. The van der Waals surface area contributed by atoms with E-state index in [1.807, 2.05) is 18.7 Å². The molecule has 1 saturated carbocycles. The van der Waals surface area contributed by atoms with E-state index in [1.165, 1.54) is 29.9 Å². The first-order valence-electron chi connectivity index (χ1n) is 12.1. The van der Waals surface area contributed by atoms with E-state index in [-0.39, 0.29) is 37.0 Å². The quantitative estimate of drug-likeness (QED) is 0.489. The molecule has 0 bridgehead atoms. The molecule has 1 aromatic heterocycles. The summed E-state index contributed by atoms with van der Waals surface area (Å²) in [5, 5.41) is 12.5. The molecule has 2 aromatic rings. The van der Waals surface area contributed by atoms with Gasteiger partial charge in [0.15, 0.2) is 0 Å². The number of amides is 1. The molecule has 186 valence electrons. The maximum Gasteiger partial charge on any atom is 0.237 e. The summed E-state index contributed by atoms with van der Waals surface area (Å²) in [5.41, 5.74) is 1.13. The molecule has 6 nitrogen and oxygen atoms in total. The molecule has 1 aromatic carbocycles. The zero-order valence-electron chi connectivity index (χ0n) is 20.0. The van der Waals surface area contributed by atoms with Gasteiger partial charge in [-0.2, -0.15) is 0 Å². The first kappa shape index (κ1) is 25.1. The van der Waals surface area contributed by atoms with Crippen LogP contribution in [0, 0.1) is 11.7 Å². The standard InChI is InChI=1S/C26H35FN2O4S/c1-18(2)32-16-21(30)14-28(13-19-3-4-19)15-26(31)29-11-9-25-23(10-12-34-25)24(29)17-33-22-7-5-20(27)6-8-22/h5-8,10,12,18-19,21,24,30H,3-4,9,11,13-17H2,1-2H3/t21-,24+/m1/s1. The Bertz CT molecular complexity index is 931. The van der Waals surface area contributed by atoms with Gasteiger partial charge in [0.05, 0.1) is 31.4 Å². The van der Waals surface area contributed by atoms with Gasteiger partial charge in [0.1, 0.15) is 18.2 Å². The Morgan fingerprint density at radius 3 is 2.74 bits per heavy atom. The number of hydrogen-bond acceptors (Lipinski definition) is 6. The number of thiophene rings is 1. The highest BCUT2D eigenvalue weighted by Gasteiger charge is 2.34. The van der Waals surface area contributed by atoms with Crippen molar-refractivity contribution in [2.75, 3.05) is 39.4 Å². The van der Waals surface area contributed by atoms with Crippen molar-refractivity contribution in [1.82, 2.24) is 9.80 Å². The summed E-state index contributed by atoms with van der Waals surface area (Å²) in [5.74, 6) is 0.925. The van der Waals surface area contributed by atoms with Crippen molar-refractivity contribution < 1.29 is 23.8 Å². The third kappa shape index (κ3) is 7.01. The van der Waals surface area contributed by atoms with Crippen LogP contribution in [0.15, 0.2) is 35.7 Å². The predicted octanol–water partition coefficient (Wildman–Crippen LogP) is 3.89. The van der Waals surface area contributed by atoms with E-state index in [2.05, 4.69) is 16.3 Å². The summed E-state index contributed by atoms with van der Waals surface area (Å²) >= 11 is 1.71. The zero-order chi connectivity index (χ0) is 24.1. The Balaban J connectivity index is 1.42. The summed E-state index contributed by atoms with van der Waals surface area (Å²) in [6.07, 6.45) is 2.62. The van der Waals surface area contributed by atoms with Gasteiger partial charge in [-0.1, -0.05) is 0 Å². The highest BCUT2D eigenvalue weighted by atomic mass is 32.1. The summed E-state index contributed by atoms with van der Waals surface area (Å²) < 4.78 is 24.8. The summed E-state index contributed by atoms with van der Waals surface area (Å²) in [4.78, 5) is 18.8. The third-order valence-electron chi connectivity index (χ3n) is 6.30. The maximum atomic E-state index is 13.5. The van der Waals surface area contributed by atoms with Crippen LogP contribution in [-0.2, 0) is 16.0 Å². The van der Waals surface area contributed by atoms with E-state index in [0.29, 0.717) is 31.4 Å². The fourth-order valence-electron chi connectivity index (χ4n) is 4.39. The molecule has 8 heteroatoms. The van der Waals surface area contributed by atoms with Gasteiger partial charge in [0, 0.05) is 24.5 Å². The van der Waals surface area contributed by atoms with Crippen LogP contribution < -0.4 is 4.74 Å². The van der Waals surface area contributed by atoms with Crippen molar-refractivity contribution in [2.45, 2.75) is 51.4 Å². The van der Waals surface area contributed by atoms with Gasteiger partial charge in [-0.3, -0.25) is 9.69 Å². The SMILES string of the molecule is CC(C)OC[C@H](O)CN(CC(=O)N1CCc2sccc2[C@@H]1COc1ccc(F)cc1)CC1CC1. The van der Waals surface area contributed by atoms with Crippen LogP contribution in [0.4, 0.5) is 4.39 Å². The smallest absolute Gasteiger partial charge is 0.237 e. The number of hydrogen-bond donors (Lipinski definition) is 1. The number of carbonyl (C=O) groups excluding carboxylic acids is 1. The fourth-order valence-corrected chi connectivity index (χ4v) is 5.31. The van der Waals surface area contributed by atoms with Gasteiger partial charge in [-0.15, -0.1) is 11.3 Å². The first-order chi connectivity index (χ1) is 16.4. The van der Waals surface area contributed by atoms with Crippen LogP contribution in [0.1, 0.15) is 43.2 Å². The Hall–Kier alpha value is -2.00. The van der Waals surface area contributed by atoms with Crippen LogP contribution in [0.3, 0.4) is 0 Å². The van der Waals surface area contributed by atoms with Gasteiger partial charge >= 0.3 is 0 Å². The number of fused-ring (bicyclic) bond motifs is 1. The molecule has 1 fully saturated rings. The molecule has 0 spiro atoms. The average molecular weight is 491 g/mol. The molecule has 2 atom stereocenters. The highest BCUT2D eigenvalue weighted by molar-refractivity contribution is 7.10. The van der Waals surface area contributed by atoms with E-state index in [0.717, 1.165) is 18.5 Å². The number of nitrogens with zero attached hydrogens (tertiary/aromatic N) is 2. The lowest BCUT2D eigenvalue weighted by atomic mass is 10.0. The second-order valence-corrected chi connectivity index (χ2v) is 10.6. The average Bonchev–Trinajstić information content (AvgIpc) is 3.48. The third-order valence-corrected chi connectivity index (χ3v) is 7.30. The predicted molar refractivity (Wildman–Crippen MR) is 131 cm³/mol. The number of halogens is 1. The molecule has 0 radical (unpaired) electrons. The van der Waals surface area contributed by atoms with Crippen LogP contribution in [-0.4, -0.2) is 72.4 Å². The molecule has 1 amide bonds. The van der Waals surface area contributed by atoms with Crippen molar-refractivity contribution in [3.05, 3.63) is 52.0 Å². The lowest BCUT2D eigenvalue weighted by Crippen LogP contribution is -2.48. The largest absolute Gasteiger partial charge is 0.491 e. The Kier molecular flexibility index (Phi) is 8.58. The van der Waals surface area contributed by atoms with Crippen molar-refractivity contribution in [1.29, 1.82) is 0 Å².